The molecule has 0 saturated carbocycles. The van der Waals surface area contributed by atoms with Crippen LogP contribution in [0.4, 0.5) is 4.39 Å². The minimum Gasteiger partial charge on any atom is -0.494 e. The maximum atomic E-state index is 12.8. The van der Waals surface area contributed by atoms with Crippen molar-refractivity contribution in [2.45, 2.75) is 6.42 Å². The number of aromatic nitrogens is 1. The molecular weight excluding hydrogens is 347 g/mol. The van der Waals surface area contributed by atoms with Crippen molar-refractivity contribution in [3.05, 3.63) is 84.3 Å². The summed E-state index contributed by atoms with van der Waals surface area (Å²) in [6.45, 7) is 0.839. The lowest BCUT2D eigenvalue weighted by atomic mass is 10.2. The molecule has 0 saturated heterocycles. The summed E-state index contributed by atoms with van der Waals surface area (Å²) in [7, 11) is 0. The summed E-state index contributed by atoms with van der Waals surface area (Å²) >= 11 is 0. The van der Waals surface area contributed by atoms with Gasteiger partial charge in [-0.1, -0.05) is 18.2 Å². The van der Waals surface area contributed by atoms with Crippen molar-refractivity contribution >= 4 is 5.91 Å². The van der Waals surface area contributed by atoms with Gasteiger partial charge in [-0.15, -0.1) is 0 Å². The van der Waals surface area contributed by atoms with Crippen LogP contribution < -0.4 is 14.8 Å². The Morgan fingerprint density at radius 2 is 1.74 bits per heavy atom. The molecule has 0 aliphatic heterocycles. The van der Waals surface area contributed by atoms with Gasteiger partial charge in [0.15, 0.2) is 0 Å². The van der Waals surface area contributed by atoms with Crippen LogP contribution in [0, 0.1) is 5.82 Å². The van der Waals surface area contributed by atoms with E-state index in [2.05, 4.69) is 10.3 Å². The van der Waals surface area contributed by atoms with Gasteiger partial charge in [0, 0.05) is 12.7 Å². The molecule has 0 aliphatic carbocycles. The van der Waals surface area contributed by atoms with E-state index in [-0.39, 0.29) is 17.6 Å². The van der Waals surface area contributed by atoms with Gasteiger partial charge in [-0.25, -0.2) is 9.37 Å². The monoisotopic (exact) mass is 366 g/mol. The fourth-order valence-electron chi connectivity index (χ4n) is 2.34. The molecule has 6 heteroatoms. The summed E-state index contributed by atoms with van der Waals surface area (Å²) in [5.41, 5.74) is 0.362. The van der Waals surface area contributed by atoms with E-state index in [0.29, 0.717) is 36.6 Å². The molecule has 0 aliphatic rings. The summed E-state index contributed by atoms with van der Waals surface area (Å²) in [5, 5.41) is 2.82. The summed E-state index contributed by atoms with van der Waals surface area (Å²) in [5.74, 6) is 0.880. The number of hydrogen-bond acceptors (Lipinski definition) is 4. The summed E-state index contributed by atoms with van der Waals surface area (Å²) in [6.07, 6.45) is 2.18. The molecule has 138 valence electrons. The zero-order chi connectivity index (χ0) is 18.9. The Labute approximate surface area is 156 Å². The lowest BCUT2D eigenvalue weighted by Gasteiger charge is -2.10. The van der Waals surface area contributed by atoms with Crippen molar-refractivity contribution in [1.82, 2.24) is 10.3 Å². The van der Waals surface area contributed by atoms with Crippen LogP contribution >= 0.6 is 0 Å². The van der Waals surface area contributed by atoms with E-state index in [9.17, 15) is 9.18 Å². The van der Waals surface area contributed by atoms with Crippen LogP contribution in [0.3, 0.4) is 0 Å². The first kappa shape index (κ1) is 18.4. The van der Waals surface area contributed by atoms with Gasteiger partial charge >= 0.3 is 0 Å². The van der Waals surface area contributed by atoms with Crippen LogP contribution in [0.1, 0.15) is 16.8 Å². The van der Waals surface area contributed by atoms with E-state index in [1.54, 1.807) is 42.6 Å². The quantitative estimate of drug-likeness (QED) is 0.607. The summed E-state index contributed by atoms with van der Waals surface area (Å²) in [4.78, 5) is 16.6. The number of para-hydroxylation sites is 1. The highest BCUT2D eigenvalue weighted by Crippen LogP contribution is 2.22. The minimum atomic E-state index is -0.306. The second-order valence-electron chi connectivity index (χ2n) is 5.68. The number of amides is 1. The number of hydrogen-bond donors (Lipinski definition) is 1. The van der Waals surface area contributed by atoms with Gasteiger partial charge in [0.05, 0.1) is 6.61 Å². The smallest absolute Gasteiger partial charge is 0.256 e. The van der Waals surface area contributed by atoms with Gasteiger partial charge in [-0.3, -0.25) is 4.79 Å². The summed E-state index contributed by atoms with van der Waals surface area (Å²) < 4.78 is 24.0. The standard InChI is InChI=1S/C21H19FN2O3/c22-16-9-11-17(12-10-16)26-15-5-14-23-20(25)19-8-4-13-24-21(19)27-18-6-2-1-3-7-18/h1-4,6-13H,5,14-15H2,(H,23,25). The fourth-order valence-corrected chi connectivity index (χ4v) is 2.34. The van der Waals surface area contributed by atoms with E-state index in [4.69, 9.17) is 9.47 Å². The van der Waals surface area contributed by atoms with E-state index in [1.807, 2.05) is 18.2 Å². The molecule has 2 aromatic carbocycles. The maximum absolute atomic E-state index is 12.8. The van der Waals surface area contributed by atoms with Crippen molar-refractivity contribution in [3.8, 4) is 17.4 Å². The van der Waals surface area contributed by atoms with E-state index in [0.717, 1.165) is 0 Å². The average Bonchev–Trinajstić information content (AvgIpc) is 2.70. The molecule has 1 N–H and O–H groups in total. The second kappa shape index (κ2) is 9.33. The number of pyridine rings is 1. The fraction of sp³-hybridized carbons (Fsp3) is 0.143. The van der Waals surface area contributed by atoms with Gasteiger partial charge in [0.2, 0.25) is 5.88 Å². The Bertz CT molecular complexity index is 870. The number of benzene rings is 2. The molecule has 0 unspecified atom stereocenters. The Morgan fingerprint density at radius 1 is 0.963 bits per heavy atom. The number of nitrogens with zero attached hydrogens (tertiary/aromatic N) is 1. The molecule has 1 amide bonds. The van der Waals surface area contributed by atoms with Crippen molar-refractivity contribution in [1.29, 1.82) is 0 Å². The highest BCUT2D eigenvalue weighted by atomic mass is 19.1. The van der Waals surface area contributed by atoms with Crippen LogP contribution in [-0.2, 0) is 0 Å². The first-order valence-electron chi connectivity index (χ1n) is 8.57. The molecule has 1 aromatic heterocycles. The second-order valence-corrected chi connectivity index (χ2v) is 5.68. The van der Waals surface area contributed by atoms with Gasteiger partial charge in [0.25, 0.3) is 5.91 Å². The van der Waals surface area contributed by atoms with Crippen LogP contribution in [0.2, 0.25) is 0 Å². The van der Waals surface area contributed by atoms with Crippen molar-refractivity contribution in [2.24, 2.45) is 0 Å². The Morgan fingerprint density at radius 3 is 2.52 bits per heavy atom. The van der Waals surface area contributed by atoms with Crippen LogP contribution in [-0.4, -0.2) is 24.0 Å². The van der Waals surface area contributed by atoms with E-state index < -0.39 is 0 Å². The molecule has 3 rings (SSSR count). The first-order chi connectivity index (χ1) is 13.2. The Balaban J connectivity index is 1.48. The molecular formula is C21H19FN2O3. The molecule has 3 aromatic rings. The zero-order valence-electron chi connectivity index (χ0n) is 14.6. The predicted octanol–water partition coefficient (Wildman–Crippen LogP) is 4.21. The molecule has 1 heterocycles. The highest BCUT2D eigenvalue weighted by Gasteiger charge is 2.13. The molecule has 0 fully saturated rings. The average molecular weight is 366 g/mol. The number of halogens is 1. The SMILES string of the molecule is O=C(NCCCOc1ccc(F)cc1)c1cccnc1Oc1ccccc1. The predicted molar refractivity (Wildman–Crippen MR) is 99.6 cm³/mol. The lowest BCUT2D eigenvalue weighted by molar-refractivity contribution is 0.0948. The van der Waals surface area contributed by atoms with Gasteiger partial charge in [0.1, 0.15) is 22.9 Å². The van der Waals surface area contributed by atoms with Crippen molar-refractivity contribution in [3.63, 3.8) is 0 Å². The number of carbonyl (C=O) groups is 1. The van der Waals surface area contributed by atoms with Gasteiger partial charge in [-0.05, 0) is 55.0 Å². The number of rotatable bonds is 8. The van der Waals surface area contributed by atoms with Crippen molar-refractivity contribution < 1.29 is 18.7 Å². The van der Waals surface area contributed by atoms with Crippen LogP contribution in [0.25, 0.3) is 0 Å². The van der Waals surface area contributed by atoms with Crippen LogP contribution in [0.5, 0.6) is 17.4 Å². The molecule has 5 nitrogen and oxygen atoms in total. The van der Waals surface area contributed by atoms with Crippen molar-refractivity contribution in [2.75, 3.05) is 13.2 Å². The third kappa shape index (κ3) is 5.54. The molecule has 0 spiro atoms. The Hall–Kier alpha value is -3.41. The molecule has 0 atom stereocenters. The number of carbonyl (C=O) groups excluding carboxylic acids is 1. The molecule has 27 heavy (non-hydrogen) atoms. The zero-order valence-corrected chi connectivity index (χ0v) is 14.6. The normalized spacial score (nSPS) is 10.3. The van der Waals surface area contributed by atoms with E-state index in [1.165, 1.54) is 12.1 Å². The van der Waals surface area contributed by atoms with E-state index >= 15 is 0 Å². The molecule has 0 bridgehead atoms. The minimum absolute atomic E-state index is 0.253. The number of nitrogens with one attached hydrogen (secondary N) is 1. The largest absolute Gasteiger partial charge is 0.494 e. The highest BCUT2D eigenvalue weighted by molar-refractivity contribution is 5.96. The van der Waals surface area contributed by atoms with Crippen LogP contribution in [0.15, 0.2) is 72.9 Å². The number of ether oxygens (including phenoxy) is 2. The first-order valence-corrected chi connectivity index (χ1v) is 8.57. The third-order valence-corrected chi connectivity index (χ3v) is 3.66. The third-order valence-electron chi connectivity index (χ3n) is 3.66. The summed E-state index contributed by atoms with van der Waals surface area (Å²) in [6, 6.07) is 18.3. The maximum Gasteiger partial charge on any atom is 0.256 e. The topological polar surface area (TPSA) is 60.5 Å². The Kier molecular flexibility index (Phi) is 6.35. The lowest BCUT2D eigenvalue weighted by Crippen LogP contribution is -2.26. The molecule has 0 radical (unpaired) electrons. The van der Waals surface area contributed by atoms with Gasteiger partial charge in [-0.2, -0.15) is 0 Å². The van der Waals surface area contributed by atoms with Gasteiger partial charge < -0.3 is 14.8 Å².